The SMILES string of the molecule is CNC1CCN(CCSCc2ccccc2)C1.Cl. The van der Waals surface area contributed by atoms with Crippen LogP contribution in [0.2, 0.25) is 0 Å². The first-order valence-corrected chi connectivity index (χ1v) is 7.55. The van der Waals surface area contributed by atoms with Gasteiger partial charge in [-0.2, -0.15) is 11.8 Å². The van der Waals surface area contributed by atoms with Gasteiger partial charge in [-0.05, 0) is 25.6 Å². The number of nitrogens with one attached hydrogen (secondary N) is 1. The zero-order valence-corrected chi connectivity index (χ0v) is 12.6. The number of likely N-dealkylation sites (tertiary alicyclic amines) is 1. The van der Waals surface area contributed by atoms with Gasteiger partial charge in [-0.15, -0.1) is 12.4 Å². The summed E-state index contributed by atoms with van der Waals surface area (Å²) in [6.45, 7) is 3.72. The molecule has 1 aliphatic rings. The fourth-order valence-corrected chi connectivity index (χ4v) is 3.19. The summed E-state index contributed by atoms with van der Waals surface area (Å²) in [6.07, 6.45) is 1.31. The van der Waals surface area contributed by atoms with Gasteiger partial charge in [0.15, 0.2) is 0 Å². The van der Waals surface area contributed by atoms with Crippen LogP contribution in [0.3, 0.4) is 0 Å². The van der Waals surface area contributed by atoms with E-state index >= 15 is 0 Å². The minimum absolute atomic E-state index is 0. The molecule has 0 aliphatic carbocycles. The van der Waals surface area contributed by atoms with Gasteiger partial charge in [0.25, 0.3) is 0 Å². The molecule has 102 valence electrons. The number of hydrogen-bond donors (Lipinski definition) is 1. The van der Waals surface area contributed by atoms with Crippen LogP contribution in [0, 0.1) is 0 Å². The van der Waals surface area contributed by atoms with E-state index < -0.39 is 0 Å². The van der Waals surface area contributed by atoms with Gasteiger partial charge in [-0.3, -0.25) is 0 Å². The van der Waals surface area contributed by atoms with Crippen molar-refractivity contribution in [1.29, 1.82) is 0 Å². The number of rotatable bonds is 6. The lowest BCUT2D eigenvalue weighted by Gasteiger charge is -2.15. The lowest BCUT2D eigenvalue weighted by atomic mass is 10.2. The smallest absolute Gasteiger partial charge is 0.0204 e. The van der Waals surface area contributed by atoms with Gasteiger partial charge in [0, 0.05) is 30.6 Å². The third-order valence-electron chi connectivity index (χ3n) is 3.34. The van der Waals surface area contributed by atoms with Crippen LogP contribution in [0.25, 0.3) is 0 Å². The van der Waals surface area contributed by atoms with E-state index in [-0.39, 0.29) is 12.4 Å². The van der Waals surface area contributed by atoms with Crippen molar-refractivity contribution < 1.29 is 0 Å². The van der Waals surface area contributed by atoms with E-state index in [0.29, 0.717) is 6.04 Å². The Morgan fingerprint density at radius 3 is 2.78 bits per heavy atom. The van der Waals surface area contributed by atoms with Crippen molar-refractivity contribution in [1.82, 2.24) is 10.2 Å². The third kappa shape index (κ3) is 5.19. The van der Waals surface area contributed by atoms with E-state index in [1.807, 2.05) is 11.8 Å². The maximum atomic E-state index is 3.36. The number of hydrogen-bond acceptors (Lipinski definition) is 3. The average molecular weight is 287 g/mol. The molecule has 0 spiro atoms. The van der Waals surface area contributed by atoms with Gasteiger partial charge < -0.3 is 10.2 Å². The van der Waals surface area contributed by atoms with Crippen LogP contribution in [-0.4, -0.2) is 43.4 Å². The molecular weight excluding hydrogens is 264 g/mol. The number of likely N-dealkylation sites (N-methyl/N-ethyl adjacent to an activating group) is 1. The highest BCUT2D eigenvalue weighted by molar-refractivity contribution is 7.98. The zero-order valence-electron chi connectivity index (χ0n) is 11.0. The fraction of sp³-hybridized carbons (Fsp3) is 0.571. The molecule has 0 bridgehead atoms. The van der Waals surface area contributed by atoms with Crippen molar-refractivity contribution in [2.24, 2.45) is 0 Å². The Morgan fingerprint density at radius 2 is 2.11 bits per heavy atom. The van der Waals surface area contributed by atoms with Gasteiger partial charge >= 0.3 is 0 Å². The Morgan fingerprint density at radius 1 is 1.33 bits per heavy atom. The molecular formula is C14H23ClN2S. The molecule has 2 nitrogen and oxygen atoms in total. The van der Waals surface area contributed by atoms with E-state index in [2.05, 4.69) is 47.6 Å². The molecule has 1 atom stereocenters. The molecule has 1 unspecified atom stereocenters. The quantitative estimate of drug-likeness (QED) is 0.810. The number of benzene rings is 1. The maximum Gasteiger partial charge on any atom is 0.0204 e. The molecule has 1 saturated heterocycles. The van der Waals surface area contributed by atoms with Crippen LogP contribution in [0.4, 0.5) is 0 Å². The summed E-state index contributed by atoms with van der Waals surface area (Å²) in [5, 5.41) is 3.36. The van der Waals surface area contributed by atoms with Crippen LogP contribution in [0.5, 0.6) is 0 Å². The summed E-state index contributed by atoms with van der Waals surface area (Å²) in [7, 11) is 2.07. The monoisotopic (exact) mass is 286 g/mol. The van der Waals surface area contributed by atoms with Gasteiger partial charge in [0.2, 0.25) is 0 Å². The average Bonchev–Trinajstić information content (AvgIpc) is 2.84. The predicted octanol–water partition coefficient (Wildman–Crippen LogP) is 2.64. The predicted molar refractivity (Wildman–Crippen MR) is 83.8 cm³/mol. The number of halogens is 1. The van der Waals surface area contributed by atoms with E-state index in [0.717, 1.165) is 5.75 Å². The van der Waals surface area contributed by atoms with Crippen LogP contribution >= 0.6 is 24.2 Å². The minimum Gasteiger partial charge on any atom is -0.316 e. The highest BCUT2D eigenvalue weighted by Crippen LogP contribution is 2.14. The molecule has 1 heterocycles. The molecule has 4 heteroatoms. The second kappa shape index (κ2) is 8.81. The summed E-state index contributed by atoms with van der Waals surface area (Å²) in [4.78, 5) is 2.57. The van der Waals surface area contributed by atoms with Crippen molar-refractivity contribution in [2.75, 3.05) is 32.4 Å². The van der Waals surface area contributed by atoms with Crippen LogP contribution < -0.4 is 5.32 Å². The first-order chi connectivity index (χ1) is 8.38. The van der Waals surface area contributed by atoms with E-state index in [9.17, 15) is 0 Å². The second-order valence-corrected chi connectivity index (χ2v) is 5.72. The Bertz CT molecular complexity index is 321. The van der Waals surface area contributed by atoms with Crippen molar-refractivity contribution in [3.05, 3.63) is 35.9 Å². The van der Waals surface area contributed by atoms with Crippen molar-refractivity contribution in [2.45, 2.75) is 18.2 Å². The molecule has 0 saturated carbocycles. The van der Waals surface area contributed by atoms with Crippen molar-refractivity contribution in [3.8, 4) is 0 Å². The highest BCUT2D eigenvalue weighted by Gasteiger charge is 2.19. The second-order valence-electron chi connectivity index (χ2n) is 4.61. The zero-order chi connectivity index (χ0) is 11.9. The topological polar surface area (TPSA) is 15.3 Å². The molecule has 18 heavy (non-hydrogen) atoms. The Balaban J connectivity index is 0.00000162. The number of nitrogens with zero attached hydrogens (tertiary/aromatic N) is 1. The molecule has 1 aromatic carbocycles. The van der Waals surface area contributed by atoms with E-state index in [1.165, 1.54) is 37.4 Å². The van der Waals surface area contributed by atoms with Gasteiger partial charge in [0.05, 0.1) is 0 Å². The molecule has 0 radical (unpaired) electrons. The van der Waals surface area contributed by atoms with E-state index in [4.69, 9.17) is 0 Å². The standard InChI is InChI=1S/C14H22N2S.ClH/c1-15-14-7-8-16(11-14)9-10-17-12-13-5-3-2-4-6-13;/h2-6,14-15H,7-12H2,1H3;1H. The molecule has 0 amide bonds. The molecule has 1 N–H and O–H groups in total. The third-order valence-corrected chi connectivity index (χ3v) is 4.35. The highest BCUT2D eigenvalue weighted by atomic mass is 35.5. The summed E-state index contributed by atoms with van der Waals surface area (Å²) < 4.78 is 0. The summed E-state index contributed by atoms with van der Waals surface area (Å²) in [5.41, 5.74) is 1.44. The first-order valence-electron chi connectivity index (χ1n) is 6.40. The maximum absolute atomic E-state index is 3.36. The molecule has 1 aromatic rings. The molecule has 1 fully saturated rings. The van der Waals surface area contributed by atoms with Gasteiger partial charge in [0.1, 0.15) is 0 Å². The Kier molecular flexibility index (Phi) is 7.75. The fourth-order valence-electron chi connectivity index (χ4n) is 2.23. The molecule has 1 aliphatic heterocycles. The summed E-state index contributed by atoms with van der Waals surface area (Å²) in [5.74, 6) is 2.38. The van der Waals surface area contributed by atoms with Crippen LogP contribution in [-0.2, 0) is 5.75 Å². The Labute approximate surface area is 121 Å². The first kappa shape index (κ1) is 15.8. The van der Waals surface area contributed by atoms with Gasteiger partial charge in [-0.25, -0.2) is 0 Å². The lowest BCUT2D eigenvalue weighted by molar-refractivity contribution is 0.351. The van der Waals surface area contributed by atoms with Crippen molar-refractivity contribution in [3.63, 3.8) is 0 Å². The van der Waals surface area contributed by atoms with E-state index in [1.54, 1.807) is 0 Å². The summed E-state index contributed by atoms with van der Waals surface area (Å²) in [6, 6.07) is 11.5. The molecule has 2 rings (SSSR count). The van der Waals surface area contributed by atoms with Gasteiger partial charge in [-0.1, -0.05) is 30.3 Å². The summed E-state index contributed by atoms with van der Waals surface area (Å²) >= 11 is 2.04. The largest absolute Gasteiger partial charge is 0.316 e. The normalized spacial score (nSPS) is 19.7. The minimum atomic E-state index is 0. The Hall–Kier alpha value is -0.220. The van der Waals surface area contributed by atoms with Crippen molar-refractivity contribution >= 4 is 24.2 Å². The number of thioether (sulfide) groups is 1. The van der Waals surface area contributed by atoms with Crippen LogP contribution in [0.1, 0.15) is 12.0 Å². The lowest BCUT2D eigenvalue weighted by Crippen LogP contribution is -2.30. The van der Waals surface area contributed by atoms with Crippen LogP contribution in [0.15, 0.2) is 30.3 Å². The molecule has 0 aromatic heterocycles.